The highest BCUT2D eigenvalue weighted by Gasteiger charge is 2.43. The summed E-state index contributed by atoms with van der Waals surface area (Å²) in [5, 5.41) is 54.3. The van der Waals surface area contributed by atoms with E-state index in [1.807, 2.05) is 24.3 Å². The SMILES string of the molecule is N#C/C(=C\c1ccc(-c2ccc3cc(NCCN4CCOCC4)ccc3c2)s1)S(=O)(=O)NC[C@H]1OC(O)[C@H](O)[C@@H](O)[C@@H]1O. The number of thiophene rings is 1. The summed E-state index contributed by atoms with van der Waals surface area (Å²) in [6.45, 7) is 4.74. The van der Waals surface area contributed by atoms with Crippen molar-refractivity contribution in [1.29, 1.82) is 5.26 Å². The molecule has 2 aliphatic heterocycles. The summed E-state index contributed by atoms with van der Waals surface area (Å²) in [7, 11) is -4.32. The van der Waals surface area contributed by atoms with Crippen LogP contribution in [0.4, 0.5) is 5.69 Å². The molecule has 2 fully saturated rings. The Bertz CT molecular complexity index is 1600. The normalized spacial score (nSPS) is 25.5. The summed E-state index contributed by atoms with van der Waals surface area (Å²) in [5.74, 6) is 0. The number of sulfonamides is 1. The molecule has 2 saturated heterocycles. The highest BCUT2D eigenvalue weighted by Crippen LogP contribution is 2.32. The van der Waals surface area contributed by atoms with E-state index in [0.717, 1.165) is 66.3 Å². The van der Waals surface area contributed by atoms with Crippen molar-refractivity contribution in [3.05, 3.63) is 58.3 Å². The van der Waals surface area contributed by atoms with Gasteiger partial charge < -0.3 is 35.2 Å². The second-order valence-corrected chi connectivity index (χ2v) is 13.2. The molecular formula is C29H34N4O8S2. The van der Waals surface area contributed by atoms with Crippen LogP contribution in [-0.4, -0.2) is 110 Å². The number of morpholine rings is 1. The van der Waals surface area contributed by atoms with Gasteiger partial charge in [-0.2, -0.15) is 5.26 Å². The number of aliphatic hydroxyl groups is 4. The molecular weight excluding hydrogens is 596 g/mol. The lowest BCUT2D eigenvalue weighted by Gasteiger charge is -2.38. The maximum Gasteiger partial charge on any atom is 0.250 e. The Morgan fingerprint density at radius 3 is 2.53 bits per heavy atom. The molecule has 12 nitrogen and oxygen atoms in total. The number of hydrogen-bond donors (Lipinski definition) is 6. The minimum atomic E-state index is -4.32. The van der Waals surface area contributed by atoms with E-state index in [-0.39, 0.29) is 0 Å². The number of anilines is 1. The molecule has 5 atom stereocenters. The molecule has 3 heterocycles. The van der Waals surface area contributed by atoms with Crippen LogP contribution in [0.2, 0.25) is 0 Å². The minimum absolute atomic E-state index is 0.540. The molecule has 0 radical (unpaired) electrons. The number of hydrogen-bond acceptors (Lipinski definition) is 12. The number of fused-ring (bicyclic) bond motifs is 1. The van der Waals surface area contributed by atoms with Gasteiger partial charge in [-0.05, 0) is 52.7 Å². The van der Waals surface area contributed by atoms with Crippen LogP contribution in [0.25, 0.3) is 27.3 Å². The second-order valence-electron chi connectivity index (χ2n) is 10.4. The molecule has 0 saturated carbocycles. The van der Waals surface area contributed by atoms with Gasteiger partial charge in [-0.1, -0.05) is 18.2 Å². The third kappa shape index (κ3) is 7.59. The summed E-state index contributed by atoms with van der Waals surface area (Å²) < 4.78 is 38.2. The Kier molecular flexibility index (Phi) is 10.1. The molecule has 43 heavy (non-hydrogen) atoms. The van der Waals surface area contributed by atoms with Gasteiger partial charge in [0, 0.05) is 48.2 Å². The number of aliphatic hydroxyl groups excluding tert-OH is 4. The van der Waals surface area contributed by atoms with E-state index < -0.39 is 52.2 Å². The second kappa shape index (κ2) is 13.8. The summed E-state index contributed by atoms with van der Waals surface area (Å²) in [6.07, 6.45) is -7.01. The molecule has 0 aliphatic carbocycles. The predicted octanol–water partition coefficient (Wildman–Crippen LogP) is 0.896. The third-order valence-corrected chi connectivity index (χ3v) is 9.86. The van der Waals surface area contributed by atoms with Crippen LogP contribution in [0.3, 0.4) is 0 Å². The number of ether oxygens (including phenoxy) is 2. The van der Waals surface area contributed by atoms with Gasteiger partial charge in [0.1, 0.15) is 30.5 Å². The molecule has 2 aliphatic rings. The van der Waals surface area contributed by atoms with Crippen LogP contribution in [-0.2, 0) is 19.5 Å². The fourth-order valence-corrected chi connectivity index (χ4v) is 6.91. The Labute approximate surface area is 253 Å². The van der Waals surface area contributed by atoms with E-state index in [4.69, 9.17) is 9.47 Å². The first kappa shape index (κ1) is 31.5. The van der Waals surface area contributed by atoms with Crippen molar-refractivity contribution in [3.8, 4) is 16.5 Å². The smallest absolute Gasteiger partial charge is 0.250 e. The van der Waals surface area contributed by atoms with Gasteiger partial charge in [-0.25, -0.2) is 13.1 Å². The maximum absolute atomic E-state index is 12.8. The van der Waals surface area contributed by atoms with Crippen molar-refractivity contribution in [3.63, 3.8) is 0 Å². The topological polar surface area (TPSA) is 185 Å². The quantitative estimate of drug-likeness (QED) is 0.175. The van der Waals surface area contributed by atoms with Crippen molar-refractivity contribution in [2.75, 3.05) is 51.3 Å². The van der Waals surface area contributed by atoms with Gasteiger partial charge in [-0.3, -0.25) is 4.90 Å². The van der Waals surface area contributed by atoms with Crippen molar-refractivity contribution in [2.45, 2.75) is 30.7 Å². The van der Waals surface area contributed by atoms with Gasteiger partial charge >= 0.3 is 0 Å². The van der Waals surface area contributed by atoms with E-state index in [1.165, 1.54) is 17.4 Å². The summed E-state index contributed by atoms with van der Waals surface area (Å²) >= 11 is 1.33. The average Bonchev–Trinajstić information content (AvgIpc) is 3.49. The Balaban J connectivity index is 1.23. The maximum atomic E-state index is 12.8. The monoisotopic (exact) mass is 630 g/mol. The van der Waals surface area contributed by atoms with Gasteiger partial charge in [0.2, 0.25) is 0 Å². The summed E-state index contributed by atoms with van der Waals surface area (Å²) in [6, 6.07) is 17.6. The highest BCUT2D eigenvalue weighted by atomic mass is 32.2. The van der Waals surface area contributed by atoms with Crippen molar-refractivity contribution in [2.24, 2.45) is 0 Å². The third-order valence-electron chi connectivity index (χ3n) is 7.45. The molecule has 5 rings (SSSR count). The lowest BCUT2D eigenvalue weighted by atomic mass is 9.99. The van der Waals surface area contributed by atoms with Gasteiger partial charge in [-0.15, -0.1) is 11.3 Å². The van der Waals surface area contributed by atoms with E-state index >= 15 is 0 Å². The zero-order chi connectivity index (χ0) is 30.6. The largest absolute Gasteiger partial charge is 0.388 e. The first-order valence-electron chi connectivity index (χ1n) is 13.8. The van der Waals surface area contributed by atoms with E-state index in [9.17, 15) is 34.1 Å². The van der Waals surface area contributed by atoms with Crippen molar-refractivity contribution < 1.29 is 38.3 Å². The molecule has 6 N–H and O–H groups in total. The van der Waals surface area contributed by atoms with Crippen molar-refractivity contribution >= 4 is 43.9 Å². The van der Waals surface area contributed by atoms with E-state index in [1.54, 1.807) is 12.1 Å². The number of rotatable bonds is 10. The Hall–Kier alpha value is -2.94. The van der Waals surface area contributed by atoms with Crippen LogP contribution in [0.1, 0.15) is 4.88 Å². The zero-order valence-electron chi connectivity index (χ0n) is 23.2. The average molecular weight is 631 g/mol. The fourth-order valence-electron chi connectivity index (χ4n) is 4.95. The van der Waals surface area contributed by atoms with E-state index in [2.05, 4.69) is 33.1 Å². The standard InChI is InChI=1S/C29H34N4O8S2/c30-16-23(43(38,39)32-17-24-26(34)27(35)28(36)29(37)41-24)15-22-5-6-25(42-22)20-2-1-19-14-21(4-3-18(19)13-20)31-7-8-33-9-11-40-12-10-33/h1-6,13-15,24,26-29,31-32,34-37H,7-12,17H2/b23-15+/t24-,26-,27+,28-,29?/m1/s1. The fraction of sp³-hybridized carbons (Fsp3) is 0.414. The first-order valence-corrected chi connectivity index (χ1v) is 16.1. The molecule has 230 valence electrons. The Morgan fingerprint density at radius 2 is 1.77 bits per heavy atom. The highest BCUT2D eigenvalue weighted by molar-refractivity contribution is 7.93. The number of nitrogens with one attached hydrogen (secondary N) is 2. The van der Waals surface area contributed by atoms with Crippen LogP contribution < -0.4 is 10.0 Å². The summed E-state index contributed by atoms with van der Waals surface area (Å²) in [4.78, 5) is 3.26. The lowest BCUT2D eigenvalue weighted by molar-refractivity contribution is -0.279. The van der Waals surface area contributed by atoms with Gasteiger partial charge in [0.25, 0.3) is 10.0 Å². The molecule has 1 unspecified atom stereocenters. The molecule has 0 amide bonds. The van der Waals surface area contributed by atoms with E-state index in [0.29, 0.717) is 4.88 Å². The molecule has 0 bridgehead atoms. The molecule has 14 heteroatoms. The molecule has 2 aromatic carbocycles. The molecule has 0 spiro atoms. The number of nitrogens with zero attached hydrogens (tertiary/aromatic N) is 2. The number of benzene rings is 2. The van der Waals surface area contributed by atoms with Crippen molar-refractivity contribution in [1.82, 2.24) is 9.62 Å². The van der Waals surface area contributed by atoms with Gasteiger partial charge in [0.05, 0.1) is 13.2 Å². The van der Waals surface area contributed by atoms with Crippen LogP contribution in [0, 0.1) is 11.3 Å². The van der Waals surface area contributed by atoms with Crippen LogP contribution in [0.15, 0.2) is 53.4 Å². The molecule has 1 aromatic heterocycles. The van der Waals surface area contributed by atoms with Crippen LogP contribution in [0.5, 0.6) is 0 Å². The first-order chi connectivity index (χ1) is 20.6. The summed E-state index contributed by atoms with van der Waals surface area (Å²) in [5.41, 5.74) is 2.00. The lowest BCUT2D eigenvalue weighted by Crippen LogP contribution is -2.59. The van der Waals surface area contributed by atoms with Gasteiger partial charge in [0.15, 0.2) is 11.2 Å². The number of nitriles is 1. The number of allylic oxidation sites excluding steroid dienone is 1. The Morgan fingerprint density at radius 1 is 1.02 bits per heavy atom. The zero-order valence-corrected chi connectivity index (χ0v) is 24.8. The van der Waals surface area contributed by atoms with Crippen LogP contribution >= 0.6 is 11.3 Å². The minimum Gasteiger partial charge on any atom is -0.388 e. The predicted molar refractivity (Wildman–Crippen MR) is 162 cm³/mol. The molecule has 3 aromatic rings.